The van der Waals surface area contributed by atoms with Gasteiger partial charge in [0.05, 0.1) is 11.0 Å². The number of nitrogens with one attached hydrogen (secondary N) is 1. The van der Waals surface area contributed by atoms with Gasteiger partial charge in [-0.1, -0.05) is 36.7 Å². The molecule has 2 atom stereocenters. The quantitative estimate of drug-likeness (QED) is 0.355. The van der Waals surface area contributed by atoms with Crippen LogP contribution in [-0.4, -0.2) is 15.1 Å². The smallest absolute Gasteiger partial charge is 0.326 e. The van der Waals surface area contributed by atoms with Gasteiger partial charge in [0.15, 0.2) is 0 Å². The number of nitrogens with zero attached hydrogens (tertiary/aromatic N) is 2. The third-order valence-electron chi connectivity index (χ3n) is 5.72. The summed E-state index contributed by atoms with van der Waals surface area (Å²) in [6.45, 7) is 6.93. The van der Waals surface area contributed by atoms with Crippen LogP contribution in [0.15, 0.2) is 51.8 Å². The Balaban J connectivity index is 1.70. The number of anilines is 2. The van der Waals surface area contributed by atoms with Gasteiger partial charge < -0.3 is 9.88 Å². The van der Waals surface area contributed by atoms with Crippen LogP contribution in [0.2, 0.25) is 0 Å². The van der Waals surface area contributed by atoms with Crippen molar-refractivity contribution in [3.63, 3.8) is 0 Å². The average Bonchev–Trinajstić information content (AvgIpc) is 2.97. The summed E-state index contributed by atoms with van der Waals surface area (Å²) in [5.74, 6) is 1.33. The molecule has 1 aromatic heterocycles. The number of aromatic nitrogens is 2. The summed E-state index contributed by atoms with van der Waals surface area (Å²) >= 11 is 3.42. The van der Waals surface area contributed by atoms with Gasteiger partial charge in [-0.2, -0.15) is 13.2 Å². The van der Waals surface area contributed by atoms with Crippen molar-refractivity contribution in [3.8, 4) is 0 Å². The van der Waals surface area contributed by atoms with Crippen LogP contribution in [0, 0.1) is 11.3 Å². The first kappa shape index (κ1) is 22.5. The lowest BCUT2D eigenvalue weighted by Crippen LogP contribution is -2.29. The Morgan fingerprint density at radius 2 is 1.84 bits per heavy atom. The zero-order chi connectivity index (χ0) is 22.4. The zero-order valence-corrected chi connectivity index (χ0v) is 20.0. The summed E-state index contributed by atoms with van der Waals surface area (Å²) < 4.78 is 41.1. The number of thioether (sulfide) groups is 1. The molecular formula is C23H25BrF3N3S. The summed E-state index contributed by atoms with van der Waals surface area (Å²) in [5.41, 5.74) is -1.39. The van der Waals surface area contributed by atoms with E-state index in [0.29, 0.717) is 17.6 Å². The maximum absolute atomic E-state index is 12.6. The summed E-state index contributed by atoms with van der Waals surface area (Å²) in [5, 5.41) is 3.36. The number of fused-ring (bicyclic) bond motifs is 1. The van der Waals surface area contributed by atoms with E-state index in [9.17, 15) is 13.2 Å². The van der Waals surface area contributed by atoms with Gasteiger partial charge in [0.25, 0.3) is 0 Å². The maximum atomic E-state index is 12.6. The SMILES string of the molecule is C[C@H]1C[C@@H](n2c(Nc3ccc(SC(F)(F)F)cc3)nc3cc(Br)ccc32)CC(C)(C)C1. The summed E-state index contributed by atoms with van der Waals surface area (Å²) in [4.78, 5) is 5.00. The van der Waals surface area contributed by atoms with Gasteiger partial charge in [0, 0.05) is 21.1 Å². The largest absolute Gasteiger partial charge is 0.446 e. The van der Waals surface area contributed by atoms with Crippen LogP contribution < -0.4 is 5.32 Å². The predicted octanol–water partition coefficient (Wildman–Crippen LogP) is 8.54. The van der Waals surface area contributed by atoms with E-state index >= 15 is 0 Å². The molecule has 0 aliphatic heterocycles. The highest BCUT2D eigenvalue weighted by atomic mass is 79.9. The monoisotopic (exact) mass is 511 g/mol. The molecule has 0 unspecified atom stereocenters. The van der Waals surface area contributed by atoms with Crippen LogP contribution in [0.5, 0.6) is 0 Å². The Morgan fingerprint density at radius 3 is 2.48 bits per heavy atom. The molecule has 0 radical (unpaired) electrons. The molecule has 3 aromatic rings. The molecule has 0 spiro atoms. The highest BCUT2D eigenvalue weighted by Gasteiger charge is 2.34. The van der Waals surface area contributed by atoms with E-state index in [-0.39, 0.29) is 22.1 Å². The first-order chi connectivity index (χ1) is 14.5. The lowest BCUT2D eigenvalue weighted by Gasteiger charge is -2.40. The Bertz CT molecular complexity index is 1080. The van der Waals surface area contributed by atoms with Crippen LogP contribution in [0.3, 0.4) is 0 Å². The van der Waals surface area contributed by atoms with E-state index in [1.54, 1.807) is 12.1 Å². The van der Waals surface area contributed by atoms with E-state index in [2.05, 4.69) is 52.7 Å². The predicted molar refractivity (Wildman–Crippen MR) is 125 cm³/mol. The molecule has 166 valence electrons. The third-order valence-corrected chi connectivity index (χ3v) is 6.96. The fourth-order valence-corrected chi connectivity index (χ4v) is 5.78. The fourth-order valence-electron chi connectivity index (χ4n) is 4.89. The van der Waals surface area contributed by atoms with Crippen LogP contribution in [-0.2, 0) is 0 Å². The Hall–Kier alpha value is -1.67. The Kier molecular flexibility index (Phi) is 6.07. The molecule has 0 saturated heterocycles. The molecule has 1 fully saturated rings. The molecule has 4 rings (SSSR count). The van der Waals surface area contributed by atoms with Gasteiger partial charge in [0.1, 0.15) is 0 Å². The second-order valence-electron chi connectivity index (χ2n) is 9.20. The zero-order valence-electron chi connectivity index (χ0n) is 17.6. The Labute approximate surface area is 192 Å². The number of benzene rings is 2. The van der Waals surface area contributed by atoms with E-state index in [4.69, 9.17) is 4.98 Å². The van der Waals surface area contributed by atoms with Crippen molar-refractivity contribution in [1.29, 1.82) is 0 Å². The minimum absolute atomic E-state index is 0.107. The average molecular weight is 512 g/mol. The van der Waals surface area contributed by atoms with Crippen LogP contribution in [0.1, 0.15) is 46.1 Å². The fraction of sp³-hybridized carbons (Fsp3) is 0.435. The minimum Gasteiger partial charge on any atom is -0.326 e. The molecule has 3 nitrogen and oxygen atoms in total. The first-order valence-corrected chi connectivity index (χ1v) is 11.9. The third kappa shape index (κ3) is 5.40. The normalized spacial score (nSPS) is 21.4. The number of hydrogen-bond acceptors (Lipinski definition) is 3. The second kappa shape index (κ2) is 8.35. The molecule has 8 heteroatoms. The van der Waals surface area contributed by atoms with E-state index in [0.717, 1.165) is 34.3 Å². The van der Waals surface area contributed by atoms with Crippen LogP contribution >= 0.6 is 27.7 Å². The molecule has 1 heterocycles. The second-order valence-corrected chi connectivity index (χ2v) is 11.3. The molecule has 0 amide bonds. The topological polar surface area (TPSA) is 29.9 Å². The van der Waals surface area contributed by atoms with Gasteiger partial charge in [-0.3, -0.25) is 0 Å². The lowest BCUT2D eigenvalue weighted by atomic mass is 9.70. The molecule has 1 N–H and O–H groups in total. The standard InChI is InChI=1S/C23H25BrF3N3S/c1-14-10-17(13-22(2,3)12-14)30-20-9-4-15(24)11-19(20)29-21(30)28-16-5-7-18(8-6-16)31-23(25,26)27/h4-9,11,14,17H,10,12-13H2,1-3H3,(H,28,29)/t14-,17+/m0/s1. The van der Waals surface area contributed by atoms with Crippen molar-refractivity contribution in [2.45, 2.75) is 56.5 Å². The summed E-state index contributed by atoms with van der Waals surface area (Å²) in [6.07, 6.45) is 3.32. The van der Waals surface area contributed by atoms with Crippen molar-refractivity contribution < 1.29 is 13.2 Å². The molecule has 0 bridgehead atoms. The number of halogens is 4. The molecule has 2 aromatic carbocycles. The van der Waals surface area contributed by atoms with Gasteiger partial charge in [-0.25, -0.2) is 4.98 Å². The number of hydrogen-bond donors (Lipinski definition) is 1. The highest BCUT2D eigenvalue weighted by Crippen LogP contribution is 2.46. The van der Waals surface area contributed by atoms with Gasteiger partial charge in [0.2, 0.25) is 5.95 Å². The number of rotatable bonds is 4. The van der Waals surface area contributed by atoms with Crippen molar-refractivity contribution >= 4 is 50.4 Å². The van der Waals surface area contributed by atoms with Gasteiger partial charge >= 0.3 is 5.51 Å². The molecule has 31 heavy (non-hydrogen) atoms. The summed E-state index contributed by atoms with van der Waals surface area (Å²) in [7, 11) is 0. The number of imidazole rings is 1. The Morgan fingerprint density at radius 1 is 1.13 bits per heavy atom. The van der Waals surface area contributed by atoms with Gasteiger partial charge in [-0.05, 0) is 84.8 Å². The van der Waals surface area contributed by atoms with E-state index < -0.39 is 5.51 Å². The highest BCUT2D eigenvalue weighted by molar-refractivity contribution is 9.10. The van der Waals surface area contributed by atoms with Crippen molar-refractivity contribution in [1.82, 2.24) is 9.55 Å². The molecule has 1 saturated carbocycles. The first-order valence-electron chi connectivity index (χ1n) is 10.3. The number of alkyl halides is 3. The molecule has 1 aliphatic carbocycles. The van der Waals surface area contributed by atoms with Gasteiger partial charge in [-0.15, -0.1) is 0 Å². The van der Waals surface area contributed by atoms with Crippen molar-refractivity contribution in [2.24, 2.45) is 11.3 Å². The van der Waals surface area contributed by atoms with Crippen LogP contribution in [0.4, 0.5) is 24.8 Å². The summed E-state index contributed by atoms with van der Waals surface area (Å²) in [6, 6.07) is 12.7. The van der Waals surface area contributed by atoms with E-state index in [1.165, 1.54) is 18.6 Å². The lowest BCUT2D eigenvalue weighted by molar-refractivity contribution is -0.0328. The molecule has 1 aliphatic rings. The van der Waals surface area contributed by atoms with E-state index in [1.807, 2.05) is 12.1 Å². The van der Waals surface area contributed by atoms with Crippen molar-refractivity contribution in [3.05, 3.63) is 46.9 Å². The van der Waals surface area contributed by atoms with Crippen LogP contribution in [0.25, 0.3) is 11.0 Å². The van der Waals surface area contributed by atoms with Crippen molar-refractivity contribution in [2.75, 3.05) is 5.32 Å². The molecular weight excluding hydrogens is 487 g/mol. The maximum Gasteiger partial charge on any atom is 0.446 e. The minimum atomic E-state index is -4.29.